The number of carbonyl (C=O) groups is 1. The van der Waals surface area contributed by atoms with Crippen LogP contribution >= 0.6 is 0 Å². The maximum atomic E-state index is 10.8. The maximum absolute atomic E-state index is 10.8. The van der Waals surface area contributed by atoms with Gasteiger partial charge in [-0.1, -0.05) is 12.1 Å². The molecule has 1 aliphatic rings. The average Bonchev–Trinajstić information content (AvgIpc) is 2.81. The third-order valence-corrected chi connectivity index (χ3v) is 2.79. The van der Waals surface area contributed by atoms with Gasteiger partial charge in [-0.25, -0.2) is 0 Å². The summed E-state index contributed by atoms with van der Waals surface area (Å²) in [6.45, 7) is 3.41. The first kappa shape index (κ1) is 10.7. The van der Waals surface area contributed by atoms with Crippen LogP contribution in [0.15, 0.2) is 29.3 Å². The lowest BCUT2D eigenvalue weighted by Gasteiger charge is -2.15. The molecule has 4 heteroatoms. The molecule has 0 radical (unpaired) electrons. The molecule has 84 valence electrons. The van der Waals surface area contributed by atoms with E-state index < -0.39 is 11.9 Å². The van der Waals surface area contributed by atoms with Crippen LogP contribution in [0.5, 0.6) is 0 Å². The second-order valence-corrected chi connectivity index (χ2v) is 3.87. The first-order chi connectivity index (χ1) is 7.68. The standard InChI is InChI=1S/C12H14N2O2/c1-9(12(15)16)10-2-4-11(5-3-10)14-7-6-13-8-14/h2-5,8-9H,6-7H2,1H3,(H,15,16). The van der Waals surface area contributed by atoms with Gasteiger partial charge in [0.1, 0.15) is 0 Å². The lowest BCUT2D eigenvalue weighted by molar-refractivity contribution is -0.138. The normalized spacial score (nSPS) is 16.4. The number of nitrogens with zero attached hydrogens (tertiary/aromatic N) is 2. The van der Waals surface area contributed by atoms with Crippen molar-refractivity contribution >= 4 is 18.0 Å². The second kappa shape index (κ2) is 4.35. The molecule has 1 heterocycles. The Balaban J connectivity index is 2.15. The Hall–Kier alpha value is -1.84. The highest BCUT2D eigenvalue weighted by atomic mass is 16.4. The fraction of sp³-hybridized carbons (Fsp3) is 0.333. The summed E-state index contributed by atoms with van der Waals surface area (Å²) >= 11 is 0. The number of hydrogen-bond acceptors (Lipinski definition) is 3. The van der Waals surface area contributed by atoms with Crippen molar-refractivity contribution in [2.75, 3.05) is 18.0 Å². The minimum Gasteiger partial charge on any atom is -0.481 e. The molecule has 0 fully saturated rings. The van der Waals surface area contributed by atoms with E-state index in [9.17, 15) is 4.79 Å². The van der Waals surface area contributed by atoms with Crippen LogP contribution in [0.3, 0.4) is 0 Å². The Kier molecular flexibility index (Phi) is 2.90. The Bertz CT molecular complexity index is 391. The Morgan fingerprint density at radius 3 is 2.62 bits per heavy atom. The van der Waals surface area contributed by atoms with E-state index in [2.05, 4.69) is 9.89 Å². The first-order valence-electron chi connectivity index (χ1n) is 5.28. The summed E-state index contributed by atoms with van der Waals surface area (Å²) in [7, 11) is 0. The number of anilines is 1. The van der Waals surface area contributed by atoms with Crippen molar-refractivity contribution in [2.24, 2.45) is 4.99 Å². The van der Waals surface area contributed by atoms with Crippen molar-refractivity contribution in [1.29, 1.82) is 0 Å². The predicted molar refractivity (Wildman–Crippen MR) is 63.2 cm³/mol. The Labute approximate surface area is 94.2 Å². The van der Waals surface area contributed by atoms with Crippen LogP contribution in [0.1, 0.15) is 18.4 Å². The van der Waals surface area contributed by atoms with Gasteiger partial charge in [0.2, 0.25) is 0 Å². The van der Waals surface area contributed by atoms with Crippen LogP contribution in [-0.4, -0.2) is 30.5 Å². The number of carboxylic acids is 1. The van der Waals surface area contributed by atoms with Crippen LogP contribution < -0.4 is 4.90 Å². The van der Waals surface area contributed by atoms with Gasteiger partial charge in [-0.2, -0.15) is 0 Å². The molecule has 1 aliphatic heterocycles. The summed E-state index contributed by atoms with van der Waals surface area (Å²) in [4.78, 5) is 17.0. The van der Waals surface area contributed by atoms with E-state index in [1.807, 2.05) is 30.6 Å². The van der Waals surface area contributed by atoms with E-state index in [0.29, 0.717) is 0 Å². The molecule has 1 N–H and O–H groups in total. The molecule has 0 bridgehead atoms. The molecule has 1 aromatic carbocycles. The van der Waals surface area contributed by atoms with E-state index in [1.165, 1.54) is 0 Å². The molecule has 0 aromatic heterocycles. The fourth-order valence-electron chi connectivity index (χ4n) is 1.67. The lowest BCUT2D eigenvalue weighted by atomic mass is 10.0. The zero-order valence-corrected chi connectivity index (χ0v) is 9.13. The minimum absolute atomic E-state index is 0.457. The third-order valence-electron chi connectivity index (χ3n) is 2.79. The van der Waals surface area contributed by atoms with Crippen molar-refractivity contribution in [3.8, 4) is 0 Å². The van der Waals surface area contributed by atoms with Crippen LogP contribution in [-0.2, 0) is 4.79 Å². The van der Waals surface area contributed by atoms with Gasteiger partial charge in [0.15, 0.2) is 0 Å². The molecule has 0 spiro atoms. The summed E-state index contributed by atoms with van der Waals surface area (Å²) < 4.78 is 0. The SMILES string of the molecule is CC(C(=O)O)c1ccc(N2C=NCC2)cc1. The van der Waals surface area contributed by atoms with Gasteiger partial charge in [0.25, 0.3) is 0 Å². The molecule has 16 heavy (non-hydrogen) atoms. The van der Waals surface area contributed by atoms with Crippen molar-refractivity contribution < 1.29 is 9.90 Å². The molecule has 1 atom stereocenters. The highest BCUT2D eigenvalue weighted by Gasteiger charge is 2.14. The number of carboxylic acid groups (broad SMARTS) is 1. The molecule has 0 saturated heterocycles. The van der Waals surface area contributed by atoms with E-state index in [4.69, 9.17) is 5.11 Å². The van der Waals surface area contributed by atoms with E-state index in [-0.39, 0.29) is 0 Å². The minimum atomic E-state index is -0.796. The molecule has 2 rings (SSSR count). The van der Waals surface area contributed by atoms with Gasteiger partial charge in [-0.15, -0.1) is 0 Å². The van der Waals surface area contributed by atoms with Crippen LogP contribution in [0.4, 0.5) is 5.69 Å². The topological polar surface area (TPSA) is 52.9 Å². The summed E-state index contributed by atoms with van der Waals surface area (Å²) in [5.41, 5.74) is 1.88. The molecular weight excluding hydrogens is 204 g/mol. The Morgan fingerprint density at radius 2 is 2.12 bits per heavy atom. The maximum Gasteiger partial charge on any atom is 0.310 e. The van der Waals surface area contributed by atoms with Gasteiger partial charge >= 0.3 is 5.97 Å². The molecule has 1 unspecified atom stereocenters. The fourth-order valence-corrected chi connectivity index (χ4v) is 1.67. The smallest absolute Gasteiger partial charge is 0.310 e. The summed E-state index contributed by atoms with van der Waals surface area (Å²) in [5.74, 6) is -1.25. The zero-order valence-electron chi connectivity index (χ0n) is 9.13. The molecule has 1 aromatic rings. The molecular formula is C12H14N2O2. The first-order valence-corrected chi connectivity index (χ1v) is 5.28. The summed E-state index contributed by atoms with van der Waals surface area (Å²) in [6, 6.07) is 7.60. The van der Waals surface area contributed by atoms with Gasteiger partial charge < -0.3 is 10.0 Å². The number of aliphatic imine (C=N–C) groups is 1. The quantitative estimate of drug-likeness (QED) is 0.840. The van der Waals surface area contributed by atoms with E-state index in [1.54, 1.807) is 6.92 Å². The van der Waals surface area contributed by atoms with Crippen molar-refractivity contribution in [3.63, 3.8) is 0 Å². The van der Waals surface area contributed by atoms with Crippen molar-refractivity contribution in [2.45, 2.75) is 12.8 Å². The Morgan fingerprint density at radius 1 is 1.44 bits per heavy atom. The number of benzene rings is 1. The molecule has 4 nitrogen and oxygen atoms in total. The van der Waals surface area contributed by atoms with E-state index >= 15 is 0 Å². The molecule has 0 saturated carbocycles. The third kappa shape index (κ3) is 2.05. The monoisotopic (exact) mass is 218 g/mol. The number of aliphatic carboxylic acids is 1. The average molecular weight is 218 g/mol. The number of rotatable bonds is 3. The summed E-state index contributed by atoms with van der Waals surface area (Å²) in [6.07, 6.45) is 1.82. The highest BCUT2D eigenvalue weighted by molar-refractivity contribution is 5.81. The molecule has 0 amide bonds. The van der Waals surface area contributed by atoms with Crippen LogP contribution in [0, 0.1) is 0 Å². The van der Waals surface area contributed by atoms with Crippen LogP contribution in [0.2, 0.25) is 0 Å². The van der Waals surface area contributed by atoms with Gasteiger partial charge in [0, 0.05) is 12.2 Å². The predicted octanol–water partition coefficient (Wildman–Crippen LogP) is 1.72. The van der Waals surface area contributed by atoms with Crippen molar-refractivity contribution in [3.05, 3.63) is 29.8 Å². The van der Waals surface area contributed by atoms with Gasteiger partial charge in [-0.3, -0.25) is 9.79 Å². The van der Waals surface area contributed by atoms with Crippen LogP contribution in [0.25, 0.3) is 0 Å². The summed E-state index contributed by atoms with van der Waals surface area (Å²) in [5, 5.41) is 8.88. The van der Waals surface area contributed by atoms with E-state index in [0.717, 1.165) is 24.3 Å². The van der Waals surface area contributed by atoms with Gasteiger partial charge in [0.05, 0.1) is 18.8 Å². The second-order valence-electron chi connectivity index (χ2n) is 3.87. The zero-order chi connectivity index (χ0) is 11.5. The number of hydrogen-bond donors (Lipinski definition) is 1. The van der Waals surface area contributed by atoms with Crippen molar-refractivity contribution in [1.82, 2.24) is 0 Å². The lowest BCUT2D eigenvalue weighted by Crippen LogP contribution is -2.18. The van der Waals surface area contributed by atoms with Gasteiger partial charge in [-0.05, 0) is 24.6 Å². The molecule has 0 aliphatic carbocycles. The largest absolute Gasteiger partial charge is 0.481 e. The highest BCUT2D eigenvalue weighted by Crippen LogP contribution is 2.20.